The van der Waals surface area contributed by atoms with E-state index in [9.17, 15) is 0 Å². The Balaban J connectivity index is 1.18. The molecule has 0 spiro atoms. The van der Waals surface area contributed by atoms with Crippen molar-refractivity contribution >= 4 is 27.6 Å². The van der Waals surface area contributed by atoms with E-state index in [1.807, 2.05) is 30.7 Å². The minimum absolute atomic E-state index is 0.868. The molecule has 7 rings (SSSR count). The Morgan fingerprint density at radius 3 is 2.38 bits per heavy atom. The van der Waals surface area contributed by atoms with Crippen LogP contribution >= 0.6 is 0 Å². The van der Waals surface area contributed by atoms with E-state index in [4.69, 9.17) is 4.98 Å². The lowest BCUT2D eigenvalue weighted by molar-refractivity contribution is 0.248. The van der Waals surface area contributed by atoms with E-state index in [2.05, 4.69) is 61.1 Å². The van der Waals surface area contributed by atoms with E-state index in [0.717, 1.165) is 57.9 Å². The van der Waals surface area contributed by atoms with Crippen LogP contribution in [0.5, 0.6) is 0 Å². The number of hydrogen-bond donors (Lipinski definition) is 1. The largest absolute Gasteiger partial charge is 0.369 e. The van der Waals surface area contributed by atoms with Gasteiger partial charge in [0.2, 0.25) is 0 Å². The number of pyridine rings is 3. The summed E-state index contributed by atoms with van der Waals surface area (Å²) in [6, 6.07) is 18.2. The molecule has 0 unspecified atom stereocenters. The van der Waals surface area contributed by atoms with E-state index in [0.29, 0.717) is 0 Å². The Bertz CT molecular complexity index is 1460. The molecular formula is C28H26N6. The molecule has 0 radical (unpaired) electrons. The van der Waals surface area contributed by atoms with Gasteiger partial charge in [0.05, 0.1) is 17.4 Å². The van der Waals surface area contributed by atoms with Crippen LogP contribution in [-0.4, -0.2) is 57.1 Å². The summed E-state index contributed by atoms with van der Waals surface area (Å²) < 4.78 is 0. The van der Waals surface area contributed by atoms with Gasteiger partial charge in [0.1, 0.15) is 5.65 Å². The zero-order valence-corrected chi connectivity index (χ0v) is 19.0. The standard InChI is InChI=1S/C28H26N6/c1-2-20(16-29-9-1)26-15-24-25-14-21(17-31-28(25)32-27(24)18-30-26)19-3-5-22(6-4-19)33-10-12-34(13-11-33)23-7-8-23/h1-6,9,14-18,23H,7-8,10-13H2,(H,31,32). The van der Waals surface area contributed by atoms with Crippen LogP contribution in [0, 0.1) is 0 Å². The molecule has 1 N–H and O–H groups in total. The highest BCUT2D eigenvalue weighted by Crippen LogP contribution is 2.32. The Labute approximate surface area is 198 Å². The van der Waals surface area contributed by atoms with Gasteiger partial charge in [0.15, 0.2) is 0 Å². The molecule has 6 nitrogen and oxygen atoms in total. The SMILES string of the molecule is c1cncc(-c2cc3c(cn2)[nH]c2ncc(-c4ccc(N5CCN(C6CC6)CC5)cc4)cc23)c1. The minimum Gasteiger partial charge on any atom is -0.369 e. The summed E-state index contributed by atoms with van der Waals surface area (Å²) in [5.41, 5.74) is 7.42. The second kappa shape index (κ2) is 7.92. The molecule has 0 amide bonds. The van der Waals surface area contributed by atoms with Crippen molar-refractivity contribution in [3.63, 3.8) is 0 Å². The number of nitrogens with zero attached hydrogens (tertiary/aromatic N) is 5. The lowest BCUT2D eigenvalue weighted by Gasteiger charge is -2.36. The maximum absolute atomic E-state index is 4.73. The molecule has 0 bridgehead atoms. The molecule has 1 saturated heterocycles. The Hall–Kier alpha value is -3.77. The highest BCUT2D eigenvalue weighted by atomic mass is 15.3. The number of rotatable bonds is 4. The molecule has 5 heterocycles. The van der Waals surface area contributed by atoms with Crippen molar-refractivity contribution < 1.29 is 0 Å². The highest BCUT2D eigenvalue weighted by molar-refractivity contribution is 6.07. The van der Waals surface area contributed by atoms with Gasteiger partial charge in [0.25, 0.3) is 0 Å². The van der Waals surface area contributed by atoms with Crippen molar-refractivity contribution in [1.82, 2.24) is 24.8 Å². The minimum atomic E-state index is 0.868. The number of aromatic nitrogens is 4. The molecule has 34 heavy (non-hydrogen) atoms. The number of fused-ring (bicyclic) bond motifs is 3. The number of benzene rings is 1. The smallest absolute Gasteiger partial charge is 0.138 e. The van der Waals surface area contributed by atoms with Crippen LogP contribution in [0.4, 0.5) is 5.69 Å². The van der Waals surface area contributed by atoms with Gasteiger partial charge in [-0.3, -0.25) is 14.9 Å². The van der Waals surface area contributed by atoms with E-state index >= 15 is 0 Å². The van der Waals surface area contributed by atoms with Gasteiger partial charge < -0.3 is 9.88 Å². The van der Waals surface area contributed by atoms with Crippen molar-refractivity contribution in [2.45, 2.75) is 18.9 Å². The van der Waals surface area contributed by atoms with Gasteiger partial charge in [-0.1, -0.05) is 12.1 Å². The van der Waals surface area contributed by atoms with Gasteiger partial charge >= 0.3 is 0 Å². The van der Waals surface area contributed by atoms with E-state index in [1.54, 1.807) is 6.20 Å². The zero-order valence-electron chi connectivity index (χ0n) is 19.0. The number of piperazine rings is 1. The molecule has 4 aromatic heterocycles. The van der Waals surface area contributed by atoms with Crippen LogP contribution < -0.4 is 4.90 Å². The monoisotopic (exact) mass is 446 g/mol. The molecule has 6 heteroatoms. The molecule has 1 aliphatic carbocycles. The zero-order chi connectivity index (χ0) is 22.5. The molecule has 2 aliphatic rings. The van der Waals surface area contributed by atoms with Crippen molar-refractivity contribution in [3.8, 4) is 22.4 Å². The maximum Gasteiger partial charge on any atom is 0.138 e. The maximum atomic E-state index is 4.73. The second-order valence-electron chi connectivity index (χ2n) is 9.40. The van der Waals surface area contributed by atoms with Crippen molar-refractivity contribution in [3.05, 3.63) is 73.3 Å². The predicted molar refractivity (Wildman–Crippen MR) is 137 cm³/mol. The molecule has 1 aromatic carbocycles. The van der Waals surface area contributed by atoms with Crippen molar-refractivity contribution in [1.29, 1.82) is 0 Å². The quantitative estimate of drug-likeness (QED) is 0.415. The Morgan fingerprint density at radius 2 is 1.62 bits per heavy atom. The highest BCUT2D eigenvalue weighted by Gasteiger charge is 2.31. The van der Waals surface area contributed by atoms with Crippen LogP contribution in [0.1, 0.15) is 12.8 Å². The number of aromatic amines is 1. The van der Waals surface area contributed by atoms with Gasteiger partial charge in [-0.25, -0.2) is 4.98 Å². The third-order valence-corrected chi connectivity index (χ3v) is 7.24. The lowest BCUT2D eigenvalue weighted by atomic mass is 10.0. The summed E-state index contributed by atoms with van der Waals surface area (Å²) in [7, 11) is 0. The molecule has 5 aromatic rings. The first-order valence-corrected chi connectivity index (χ1v) is 12.1. The third-order valence-electron chi connectivity index (χ3n) is 7.24. The number of hydrogen-bond acceptors (Lipinski definition) is 5. The number of anilines is 1. The molecule has 1 saturated carbocycles. The lowest BCUT2D eigenvalue weighted by Crippen LogP contribution is -2.47. The summed E-state index contributed by atoms with van der Waals surface area (Å²) in [5, 5.41) is 2.24. The van der Waals surface area contributed by atoms with Crippen LogP contribution in [0.2, 0.25) is 0 Å². The Morgan fingerprint density at radius 1 is 0.765 bits per heavy atom. The van der Waals surface area contributed by atoms with Crippen molar-refractivity contribution in [2.24, 2.45) is 0 Å². The fourth-order valence-corrected chi connectivity index (χ4v) is 5.15. The van der Waals surface area contributed by atoms with E-state index in [1.165, 1.54) is 37.2 Å². The van der Waals surface area contributed by atoms with E-state index < -0.39 is 0 Å². The summed E-state index contributed by atoms with van der Waals surface area (Å²) >= 11 is 0. The average molecular weight is 447 g/mol. The molecule has 168 valence electrons. The predicted octanol–water partition coefficient (Wildman–Crippen LogP) is 5.12. The van der Waals surface area contributed by atoms with Crippen LogP contribution in [0.15, 0.2) is 73.3 Å². The summed E-state index contributed by atoms with van der Waals surface area (Å²) in [6.45, 7) is 4.60. The first-order chi connectivity index (χ1) is 16.8. The number of nitrogens with one attached hydrogen (secondary N) is 1. The molecule has 1 aliphatic heterocycles. The van der Waals surface area contributed by atoms with Gasteiger partial charge in [-0.2, -0.15) is 0 Å². The second-order valence-corrected chi connectivity index (χ2v) is 9.40. The fraction of sp³-hybridized carbons (Fsp3) is 0.250. The summed E-state index contributed by atoms with van der Waals surface area (Å²) in [5.74, 6) is 0. The van der Waals surface area contributed by atoms with Gasteiger partial charge in [-0.15, -0.1) is 0 Å². The normalized spacial score (nSPS) is 17.0. The summed E-state index contributed by atoms with van der Waals surface area (Å²) in [6.07, 6.45) is 10.3. The Kier molecular flexibility index (Phi) is 4.58. The van der Waals surface area contributed by atoms with Crippen molar-refractivity contribution in [2.75, 3.05) is 31.1 Å². The van der Waals surface area contributed by atoms with Crippen LogP contribution in [0.3, 0.4) is 0 Å². The van der Waals surface area contributed by atoms with Crippen LogP contribution in [-0.2, 0) is 0 Å². The first-order valence-electron chi connectivity index (χ1n) is 12.1. The fourth-order valence-electron chi connectivity index (χ4n) is 5.15. The van der Waals surface area contributed by atoms with Gasteiger partial charge in [-0.05, 0) is 54.8 Å². The van der Waals surface area contributed by atoms with Gasteiger partial charge in [0, 0.05) is 78.4 Å². The molecule has 0 atom stereocenters. The van der Waals surface area contributed by atoms with Crippen LogP contribution in [0.25, 0.3) is 44.3 Å². The topological polar surface area (TPSA) is 60.9 Å². The average Bonchev–Trinajstić information content (AvgIpc) is 3.70. The molecule has 2 fully saturated rings. The first kappa shape index (κ1) is 19.7. The van der Waals surface area contributed by atoms with E-state index in [-0.39, 0.29) is 0 Å². The number of H-pyrrole nitrogens is 1. The third kappa shape index (κ3) is 3.51. The molecular weight excluding hydrogens is 420 g/mol. The summed E-state index contributed by atoms with van der Waals surface area (Å²) in [4.78, 5) is 22.1.